The van der Waals surface area contributed by atoms with Gasteiger partial charge in [0.05, 0.1) is 10.8 Å². The Morgan fingerprint density at radius 1 is 1.27 bits per heavy atom. The lowest BCUT2D eigenvalue weighted by Gasteiger charge is -2.23. The number of likely N-dealkylation sites (N-methyl/N-ethyl adjacent to an activating group) is 1. The Labute approximate surface area is 159 Å². The van der Waals surface area contributed by atoms with Gasteiger partial charge in [0.15, 0.2) is 5.78 Å². The second-order valence-electron chi connectivity index (χ2n) is 7.54. The molecule has 26 heavy (non-hydrogen) atoms. The van der Waals surface area contributed by atoms with Gasteiger partial charge in [-0.25, -0.2) is 0 Å². The first-order chi connectivity index (χ1) is 12.1. The molecule has 1 fully saturated rings. The Hall–Kier alpha value is -2.08. The molecule has 0 unspecified atom stereocenters. The largest absolute Gasteiger partial charge is 0.340 e. The van der Waals surface area contributed by atoms with E-state index >= 15 is 0 Å². The third kappa shape index (κ3) is 4.97. The first-order valence-electron chi connectivity index (χ1n) is 8.57. The van der Waals surface area contributed by atoms with Crippen LogP contribution in [0.15, 0.2) is 35.4 Å². The number of hydrogen-bond donors (Lipinski definition) is 0. The van der Waals surface area contributed by atoms with Crippen molar-refractivity contribution >= 4 is 29.4 Å². The van der Waals surface area contributed by atoms with Gasteiger partial charge in [-0.05, 0) is 18.1 Å². The van der Waals surface area contributed by atoms with E-state index in [1.807, 2.05) is 52.0 Å². The molecule has 2 rings (SSSR count). The zero-order valence-electron chi connectivity index (χ0n) is 16.0. The van der Waals surface area contributed by atoms with E-state index in [2.05, 4.69) is 0 Å². The summed E-state index contributed by atoms with van der Waals surface area (Å²) in [5, 5.41) is 0.563. The van der Waals surface area contributed by atoms with E-state index in [9.17, 15) is 14.4 Å². The molecular weight excluding hydrogens is 348 g/mol. The monoisotopic (exact) mass is 374 g/mol. The number of carbonyl (C=O) groups is 3. The van der Waals surface area contributed by atoms with E-state index in [-0.39, 0.29) is 29.9 Å². The molecule has 0 radical (unpaired) electrons. The van der Waals surface area contributed by atoms with E-state index in [0.717, 1.165) is 11.1 Å². The van der Waals surface area contributed by atoms with Gasteiger partial charge in [-0.1, -0.05) is 56.8 Å². The van der Waals surface area contributed by atoms with Crippen LogP contribution in [0.5, 0.6) is 0 Å². The van der Waals surface area contributed by atoms with Crippen LogP contribution in [-0.4, -0.2) is 46.7 Å². The van der Waals surface area contributed by atoms with Gasteiger partial charge < -0.3 is 4.90 Å². The highest BCUT2D eigenvalue weighted by Crippen LogP contribution is 2.30. The van der Waals surface area contributed by atoms with Crippen molar-refractivity contribution in [1.82, 2.24) is 9.80 Å². The van der Waals surface area contributed by atoms with Crippen LogP contribution in [0.4, 0.5) is 0 Å². The maximum atomic E-state index is 12.6. The van der Waals surface area contributed by atoms with Crippen LogP contribution in [0.2, 0.25) is 0 Å². The molecular formula is C20H26N2O3S. The van der Waals surface area contributed by atoms with Crippen LogP contribution >= 0.6 is 11.8 Å². The Balaban J connectivity index is 2.08. The van der Waals surface area contributed by atoms with Crippen LogP contribution in [0, 0.1) is 12.3 Å². The van der Waals surface area contributed by atoms with E-state index in [1.165, 1.54) is 22.7 Å². The SMILES string of the molecule is Cc1ccccc1CN(C)C(=O)CN1C(=O)CS/C1=C\C(=O)C(C)(C)C. The molecule has 0 bridgehead atoms. The minimum absolute atomic E-state index is 0.0442. The van der Waals surface area contributed by atoms with Gasteiger partial charge in [0, 0.05) is 25.1 Å². The summed E-state index contributed by atoms with van der Waals surface area (Å²) >= 11 is 1.31. The average Bonchev–Trinajstić information content (AvgIpc) is 2.89. The van der Waals surface area contributed by atoms with Crippen molar-refractivity contribution in [2.45, 2.75) is 34.2 Å². The number of benzene rings is 1. The van der Waals surface area contributed by atoms with Gasteiger partial charge in [0.2, 0.25) is 11.8 Å². The Bertz CT molecular complexity index is 750. The Morgan fingerprint density at radius 3 is 2.54 bits per heavy atom. The Kier molecular flexibility index (Phi) is 6.29. The van der Waals surface area contributed by atoms with Gasteiger partial charge in [0.1, 0.15) is 6.54 Å². The summed E-state index contributed by atoms with van der Waals surface area (Å²) < 4.78 is 0. The van der Waals surface area contributed by atoms with Gasteiger partial charge in [-0.2, -0.15) is 0 Å². The molecule has 1 aliphatic heterocycles. The summed E-state index contributed by atoms with van der Waals surface area (Å²) in [4.78, 5) is 40.1. The van der Waals surface area contributed by atoms with Crippen LogP contribution in [-0.2, 0) is 20.9 Å². The minimum atomic E-state index is -0.517. The van der Waals surface area contributed by atoms with Gasteiger partial charge >= 0.3 is 0 Å². The van der Waals surface area contributed by atoms with Crippen molar-refractivity contribution in [3.63, 3.8) is 0 Å². The molecule has 6 heteroatoms. The number of allylic oxidation sites excluding steroid dienone is 1. The number of aryl methyl sites for hydroxylation is 1. The lowest BCUT2D eigenvalue weighted by Crippen LogP contribution is -2.38. The number of hydrogen-bond acceptors (Lipinski definition) is 4. The van der Waals surface area contributed by atoms with Crippen molar-refractivity contribution in [3.8, 4) is 0 Å². The number of nitrogens with zero attached hydrogens (tertiary/aromatic N) is 2. The predicted octanol–water partition coefficient (Wildman–Crippen LogP) is 2.99. The topological polar surface area (TPSA) is 57.7 Å². The maximum absolute atomic E-state index is 12.6. The fourth-order valence-corrected chi connectivity index (χ4v) is 3.36. The molecule has 2 amide bonds. The lowest BCUT2D eigenvalue weighted by molar-refractivity contribution is -0.136. The third-order valence-corrected chi connectivity index (χ3v) is 5.32. The molecule has 1 heterocycles. The predicted molar refractivity (Wildman–Crippen MR) is 104 cm³/mol. The highest BCUT2D eigenvalue weighted by atomic mass is 32.2. The summed E-state index contributed by atoms with van der Waals surface area (Å²) in [5.74, 6) is -0.0860. The summed E-state index contributed by atoms with van der Waals surface area (Å²) in [7, 11) is 1.73. The summed E-state index contributed by atoms with van der Waals surface area (Å²) in [6, 6.07) is 7.90. The molecule has 1 aliphatic rings. The highest BCUT2D eigenvalue weighted by Gasteiger charge is 2.31. The zero-order chi connectivity index (χ0) is 19.5. The van der Waals surface area contributed by atoms with Gasteiger partial charge in [-0.3, -0.25) is 19.3 Å². The number of ketones is 1. The number of rotatable bonds is 5. The first kappa shape index (κ1) is 20.2. The van der Waals surface area contributed by atoms with Crippen LogP contribution < -0.4 is 0 Å². The van der Waals surface area contributed by atoms with Gasteiger partial charge in [-0.15, -0.1) is 0 Å². The molecule has 1 aromatic carbocycles. The van der Waals surface area contributed by atoms with E-state index < -0.39 is 5.41 Å². The fraction of sp³-hybridized carbons (Fsp3) is 0.450. The van der Waals surface area contributed by atoms with Crippen LogP contribution in [0.25, 0.3) is 0 Å². The molecule has 1 saturated heterocycles. The molecule has 0 aromatic heterocycles. The van der Waals surface area contributed by atoms with Crippen LogP contribution in [0.3, 0.4) is 0 Å². The molecule has 0 aliphatic carbocycles. The first-order valence-corrected chi connectivity index (χ1v) is 9.56. The fourth-order valence-electron chi connectivity index (χ4n) is 2.42. The molecule has 0 atom stereocenters. The number of carbonyl (C=O) groups excluding carboxylic acids is 3. The molecule has 5 nitrogen and oxygen atoms in total. The summed E-state index contributed by atoms with van der Waals surface area (Å²) in [6.07, 6.45) is 1.49. The van der Waals surface area contributed by atoms with Crippen LogP contribution in [0.1, 0.15) is 31.9 Å². The van der Waals surface area contributed by atoms with Crippen molar-refractivity contribution < 1.29 is 14.4 Å². The van der Waals surface area contributed by atoms with Gasteiger partial charge in [0.25, 0.3) is 0 Å². The highest BCUT2D eigenvalue weighted by molar-refractivity contribution is 8.04. The van der Waals surface area contributed by atoms with Crippen molar-refractivity contribution in [2.24, 2.45) is 5.41 Å². The Morgan fingerprint density at radius 2 is 1.92 bits per heavy atom. The third-order valence-electron chi connectivity index (χ3n) is 4.29. The van der Waals surface area contributed by atoms with Crippen molar-refractivity contribution in [1.29, 1.82) is 0 Å². The maximum Gasteiger partial charge on any atom is 0.242 e. The van der Waals surface area contributed by atoms with E-state index in [0.29, 0.717) is 11.6 Å². The average molecular weight is 375 g/mol. The summed E-state index contributed by atoms with van der Waals surface area (Å²) in [6.45, 7) is 7.95. The second-order valence-corrected chi connectivity index (χ2v) is 8.54. The standard InChI is InChI=1S/C20H26N2O3S/c1-14-8-6-7-9-15(14)11-21(5)17(24)12-22-18(25)13-26-19(22)10-16(23)20(2,3)4/h6-10H,11-13H2,1-5H3/b19-10-. The normalized spacial score (nSPS) is 16.3. The van der Waals surface area contributed by atoms with Crippen molar-refractivity contribution in [2.75, 3.05) is 19.3 Å². The molecule has 0 spiro atoms. The minimum Gasteiger partial charge on any atom is -0.340 e. The number of thioether (sulfide) groups is 1. The summed E-state index contributed by atoms with van der Waals surface area (Å²) in [5.41, 5.74) is 1.68. The molecule has 0 saturated carbocycles. The quantitative estimate of drug-likeness (QED) is 0.744. The molecule has 140 valence electrons. The smallest absolute Gasteiger partial charge is 0.242 e. The number of amides is 2. The molecule has 0 N–H and O–H groups in total. The molecule has 1 aromatic rings. The second kappa shape index (κ2) is 8.08. The van der Waals surface area contributed by atoms with Crippen molar-refractivity contribution in [3.05, 3.63) is 46.5 Å². The lowest BCUT2D eigenvalue weighted by atomic mass is 9.91. The van der Waals surface area contributed by atoms with E-state index in [1.54, 1.807) is 11.9 Å². The zero-order valence-corrected chi connectivity index (χ0v) is 16.9. The van der Waals surface area contributed by atoms with E-state index in [4.69, 9.17) is 0 Å².